The second-order valence-corrected chi connectivity index (χ2v) is 8.05. The number of hydrogen-bond donors (Lipinski definition) is 0. The number of benzene rings is 2. The van der Waals surface area contributed by atoms with Crippen molar-refractivity contribution in [2.24, 2.45) is 0 Å². The second-order valence-electron chi connectivity index (χ2n) is 8.05. The Labute approximate surface area is 189 Å². The van der Waals surface area contributed by atoms with Gasteiger partial charge >= 0.3 is 18.2 Å². The Bertz CT molecular complexity index is 1110. The quantitative estimate of drug-likeness (QED) is 0.568. The minimum atomic E-state index is -4.71. The number of urea groups is 1. The van der Waals surface area contributed by atoms with E-state index < -0.39 is 29.3 Å². The van der Waals surface area contributed by atoms with Crippen molar-refractivity contribution < 1.29 is 27.5 Å². The molecule has 0 N–H and O–H groups in total. The highest BCUT2D eigenvalue weighted by molar-refractivity contribution is 6.08. The van der Waals surface area contributed by atoms with Crippen molar-refractivity contribution in [3.63, 3.8) is 0 Å². The fraction of sp³-hybridized carbons (Fsp3) is 0.375. The van der Waals surface area contributed by atoms with Crippen LogP contribution in [0.5, 0.6) is 0 Å². The summed E-state index contributed by atoms with van der Waals surface area (Å²) in [7, 11) is 0. The third-order valence-corrected chi connectivity index (χ3v) is 6.13. The zero-order chi connectivity index (χ0) is 23.8. The van der Waals surface area contributed by atoms with E-state index in [1.165, 1.54) is 11.0 Å². The van der Waals surface area contributed by atoms with Gasteiger partial charge in [-0.05, 0) is 62.2 Å². The maximum atomic E-state index is 13.5. The van der Waals surface area contributed by atoms with E-state index in [0.29, 0.717) is 17.7 Å². The smallest absolute Gasteiger partial charge is 0.417 e. The van der Waals surface area contributed by atoms with Crippen LogP contribution in [-0.4, -0.2) is 30.7 Å². The molecule has 2 aliphatic rings. The van der Waals surface area contributed by atoms with Crippen LogP contribution in [-0.2, 0) is 10.9 Å². The number of halogens is 3. The van der Waals surface area contributed by atoms with Crippen LogP contribution in [0.15, 0.2) is 42.5 Å². The van der Waals surface area contributed by atoms with Gasteiger partial charge in [-0.1, -0.05) is 12.8 Å². The molecule has 1 aliphatic carbocycles. The fourth-order valence-corrected chi connectivity index (χ4v) is 4.68. The number of rotatable bonds is 4. The third-order valence-electron chi connectivity index (χ3n) is 6.13. The molecular formula is C24H22F3N3O3. The molecule has 6 nitrogen and oxygen atoms in total. The van der Waals surface area contributed by atoms with Crippen molar-refractivity contribution in [1.29, 1.82) is 5.26 Å². The summed E-state index contributed by atoms with van der Waals surface area (Å²) in [6.07, 6.45) is -1.56. The van der Waals surface area contributed by atoms with Crippen LogP contribution in [0.2, 0.25) is 0 Å². The van der Waals surface area contributed by atoms with E-state index in [4.69, 9.17) is 10.00 Å². The van der Waals surface area contributed by atoms with Gasteiger partial charge < -0.3 is 4.74 Å². The van der Waals surface area contributed by atoms with Crippen molar-refractivity contribution in [3.05, 3.63) is 59.2 Å². The van der Waals surface area contributed by atoms with Crippen molar-refractivity contribution in [3.8, 4) is 6.07 Å². The minimum Gasteiger partial charge on any atom is -0.462 e. The molecular weight excluding hydrogens is 435 g/mol. The Morgan fingerprint density at radius 2 is 1.64 bits per heavy atom. The normalized spacial score (nSPS) is 20.4. The molecule has 4 rings (SSSR count). The zero-order valence-corrected chi connectivity index (χ0v) is 17.9. The Balaban J connectivity index is 1.71. The van der Waals surface area contributed by atoms with Crippen LogP contribution in [0.3, 0.4) is 0 Å². The number of anilines is 2. The van der Waals surface area contributed by atoms with Crippen molar-refractivity contribution in [2.75, 3.05) is 16.4 Å². The molecule has 2 aromatic rings. The monoisotopic (exact) mass is 457 g/mol. The maximum Gasteiger partial charge on any atom is 0.417 e. The first-order valence-electron chi connectivity index (χ1n) is 10.8. The van der Waals surface area contributed by atoms with Gasteiger partial charge in [-0.2, -0.15) is 18.4 Å². The van der Waals surface area contributed by atoms with Gasteiger partial charge in [0.05, 0.1) is 41.5 Å². The SMILES string of the molecule is CCOC(=O)c1ccc(N2C(=O)N(c3ccc(C#N)c(C(F)(F)F)c3)[C@H]3CCCC[C@@H]32)cc1. The summed E-state index contributed by atoms with van der Waals surface area (Å²) in [5.74, 6) is -0.466. The number of amides is 2. The van der Waals surface area contributed by atoms with Crippen molar-refractivity contribution in [1.82, 2.24) is 0 Å². The van der Waals surface area contributed by atoms with E-state index in [9.17, 15) is 22.8 Å². The van der Waals surface area contributed by atoms with E-state index in [2.05, 4.69) is 0 Å². The van der Waals surface area contributed by atoms with E-state index in [1.54, 1.807) is 42.2 Å². The molecule has 9 heteroatoms. The lowest BCUT2D eigenvalue weighted by Gasteiger charge is -2.32. The summed E-state index contributed by atoms with van der Waals surface area (Å²) in [4.78, 5) is 28.5. The highest BCUT2D eigenvalue weighted by Crippen LogP contribution is 2.42. The van der Waals surface area contributed by atoms with Gasteiger partial charge in [0.1, 0.15) is 0 Å². The lowest BCUT2D eigenvalue weighted by atomic mass is 9.89. The molecule has 2 atom stereocenters. The summed E-state index contributed by atoms with van der Waals surface area (Å²) < 4.78 is 45.6. The van der Waals surface area contributed by atoms with E-state index >= 15 is 0 Å². The fourth-order valence-electron chi connectivity index (χ4n) is 4.68. The lowest BCUT2D eigenvalue weighted by molar-refractivity contribution is -0.137. The molecule has 172 valence electrons. The van der Waals surface area contributed by atoms with Gasteiger partial charge in [-0.25, -0.2) is 9.59 Å². The van der Waals surface area contributed by atoms with Crippen LogP contribution < -0.4 is 9.80 Å². The van der Waals surface area contributed by atoms with Gasteiger partial charge in [0, 0.05) is 11.4 Å². The maximum absolute atomic E-state index is 13.5. The predicted octanol–water partition coefficient (Wildman–Crippen LogP) is 5.51. The van der Waals surface area contributed by atoms with Gasteiger partial charge in [0.2, 0.25) is 0 Å². The van der Waals surface area contributed by atoms with Crippen LogP contribution in [0, 0.1) is 11.3 Å². The van der Waals surface area contributed by atoms with Gasteiger partial charge in [-0.15, -0.1) is 0 Å². The van der Waals surface area contributed by atoms with Crippen LogP contribution in [0.4, 0.5) is 29.3 Å². The highest BCUT2D eigenvalue weighted by atomic mass is 19.4. The summed E-state index contributed by atoms with van der Waals surface area (Å²) in [5, 5.41) is 9.09. The molecule has 0 radical (unpaired) electrons. The molecule has 0 unspecified atom stereocenters. The second kappa shape index (κ2) is 8.77. The van der Waals surface area contributed by atoms with Crippen molar-refractivity contribution in [2.45, 2.75) is 50.9 Å². The Hall–Kier alpha value is -3.54. The van der Waals surface area contributed by atoms with E-state index in [-0.39, 0.29) is 24.4 Å². The summed E-state index contributed by atoms with van der Waals surface area (Å²) >= 11 is 0. The third kappa shape index (κ3) is 4.13. The molecule has 2 amide bonds. The Morgan fingerprint density at radius 1 is 1.06 bits per heavy atom. The largest absolute Gasteiger partial charge is 0.462 e. The average molecular weight is 457 g/mol. The number of nitriles is 1. The standard InChI is InChI=1S/C24H22F3N3O3/c1-2-33-22(31)15-7-10-17(11-8-15)29-20-5-3-4-6-21(20)30(23(29)32)18-12-9-16(14-28)19(13-18)24(25,26)27/h7-13,20-21H,2-6H2,1H3/t20-,21-/m0/s1. The molecule has 2 fully saturated rings. The number of alkyl halides is 3. The molecule has 1 saturated carbocycles. The first kappa shape index (κ1) is 22.6. The number of ether oxygens (including phenoxy) is 1. The first-order chi connectivity index (χ1) is 15.8. The Kier molecular flexibility index (Phi) is 6.02. The van der Waals surface area contributed by atoms with Crippen LogP contribution in [0.25, 0.3) is 0 Å². The molecule has 33 heavy (non-hydrogen) atoms. The molecule has 1 aliphatic heterocycles. The van der Waals surface area contributed by atoms with Crippen LogP contribution in [0.1, 0.15) is 54.1 Å². The number of esters is 1. The molecule has 2 aromatic carbocycles. The Morgan fingerprint density at radius 3 is 2.18 bits per heavy atom. The average Bonchev–Trinajstić information content (AvgIpc) is 3.10. The minimum absolute atomic E-state index is 0.119. The van der Waals surface area contributed by atoms with E-state index in [0.717, 1.165) is 31.4 Å². The predicted molar refractivity (Wildman–Crippen MR) is 115 cm³/mol. The molecule has 1 heterocycles. The van der Waals surface area contributed by atoms with Crippen molar-refractivity contribution >= 4 is 23.4 Å². The first-order valence-corrected chi connectivity index (χ1v) is 10.8. The molecule has 1 saturated heterocycles. The molecule has 0 aromatic heterocycles. The lowest BCUT2D eigenvalue weighted by Crippen LogP contribution is -2.40. The molecule has 0 spiro atoms. The highest BCUT2D eigenvalue weighted by Gasteiger charge is 2.48. The van der Waals surface area contributed by atoms with Gasteiger partial charge in [-0.3, -0.25) is 9.80 Å². The summed E-state index contributed by atoms with van der Waals surface area (Å²) in [6.45, 7) is 1.95. The number of fused-ring (bicyclic) bond motifs is 1. The van der Waals surface area contributed by atoms with Crippen LogP contribution >= 0.6 is 0 Å². The summed E-state index contributed by atoms with van der Waals surface area (Å²) in [5.41, 5.74) is -0.499. The number of nitrogens with zero attached hydrogens (tertiary/aromatic N) is 3. The number of carbonyl (C=O) groups is 2. The zero-order valence-electron chi connectivity index (χ0n) is 17.9. The topological polar surface area (TPSA) is 73.6 Å². The van der Waals surface area contributed by atoms with Gasteiger partial charge in [0.25, 0.3) is 0 Å². The number of hydrogen-bond acceptors (Lipinski definition) is 4. The molecule has 0 bridgehead atoms. The summed E-state index contributed by atoms with van der Waals surface area (Å²) in [6, 6.07) is 10.5. The van der Waals surface area contributed by atoms with E-state index in [1.807, 2.05) is 0 Å². The number of carbonyl (C=O) groups excluding carboxylic acids is 2. The van der Waals surface area contributed by atoms with Gasteiger partial charge in [0.15, 0.2) is 0 Å².